The standard InChI is InChI=1S/C23H27N3O3S/c1-17-5-7-19(8-6-17)16-24-23(27)18(2)26-14-11-20-15-21(9-10-22(20)26)30(28,29)25-12-3-4-13-25/h5-11,14-15,18H,3-4,12-13,16H2,1-2H3,(H,24,27). The number of hydrogen-bond acceptors (Lipinski definition) is 3. The maximum atomic E-state index is 12.8. The molecule has 1 aromatic heterocycles. The van der Waals surface area contributed by atoms with E-state index in [2.05, 4.69) is 5.32 Å². The van der Waals surface area contributed by atoms with Crippen LogP contribution in [0.1, 0.15) is 36.9 Å². The number of nitrogens with zero attached hydrogens (tertiary/aromatic N) is 2. The molecule has 6 nitrogen and oxygen atoms in total. The number of hydrogen-bond donors (Lipinski definition) is 1. The number of carbonyl (C=O) groups is 1. The summed E-state index contributed by atoms with van der Waals surface area (Å²) in [6.07, 6.45) is 3.66. The molecule has 2 aromatic carbocycles. The Morgan fingerprint density at radius 2 is 1.77 bits per heavy atom. The lowest BCUT2D eigenvalue weighted by molar-refractivity contribution is -0.123. The van der Waals surface area contributed by atoms with Crippen molar-refractivity contribution in [2.45, 2.75) is 44.2 Å². The van der Waals surface area contributed by atoms with Gasteiger partial charge in [-0.15, -0.1) is 0 Å². The Bertz CT molecular complexity index is 1160. The quantitative estimate of drug-likeness (QED) is 0.656. The highest BCUT2D eigenvalue weighted by molar-refractivity contribution is 7.89. The molecule has 0 aliphatic carbocycles. The van der Waals surface area contributed by atoms with E-state index in [-0.39, 0.29) is 5.91 Å². The van der Waals surface area contributed by atoms with Crippen LogP contribution in [0.4, 0.5) is 0 Å². The molecule has 1 fully saturated rings. The average Bonchev–Trinajstić information content (AvgIpc) is 3.42. The van der Waals surface area contributed by atoms with E-state index in [9.17, 15) is 13.2 Å². The second-order valence-corrected chi connectivity index (χ2v) is 9.87. The fourth-order valence-corrected chi connectivity index (χ4v) is 5.44. The van der Waals surface area contributed by atoms with Crippen LogP contribution in [-0.2, 0) is 21.4 Å². The monoisotopic (exact) mass is 425 g/mol. The summed E-state index contributed by atoms with van der Waals surface area (Å²) in [5.41, 5.74) is 3.08. The number of benzene rings is 2. The van der Waals surface area contributed by atoms with Gasteiger partial charge in [0.2, 0.25) is 15.9 Å². The summed E-state index contributed by atoms with van der Waals surface area (Å²) in [6.45, 7) is 5.52. The molecular formula is C23H27N3O3S. The van der Waals surface area contributed by atoms with Crippen molar-refractivity contribution in [3.8, 4) is 0 Å². The van der Waals surface area contributed by atoms with E-state index in [4.69, 9.17) is 0 Å². The Kier molecular flexibility index (Phi) is 5.66. The Labute approximate surface area is 177 Å². The molecular weight excluding hydrogens is 398 g/mol. The van der Waals surface area contributed by atoms with Crippen LogP contribution in [0.15, 0.2) is 59.6 Å². The van der Waals surface area contributed by atoms with E-state index < -0.39 is 16.1 Å². The zero-order valence-corrected chi connectivity index (χ0v) is 18.2. The molecule has 1 N–H and O–H groups in total. The summed E-state index contributed by atoms with van der Waals surface area (Å²) < 4.78 is 29.1. The topological polar surface area (TPSA) is 71.4 Å². The molecule has 0 radical (unpaired) electrons. The van der Waals surface area contributed by atoms with E-state index in [1.165, 1.54) is 5.56 Å². The first-order chi connectivity index (χ1) is 14.4. The van der Waals surface area contributed by atoms with Gasteiger partial charge in [0.15, 0.2) is 0 Å². The minimum atomic E-state index is -3.46. The number of amides is 1. The SMILES string of the molecule is Cc1ccc(CNC(=O)C(C)n2ccc3cc(S(=O)(=O)N4CCCC4)ccc32)cc1. The zero-order chi connectivity index (χ0) is 21.3. The highest BCUT2D eigenvalue weighted by Crippen LogP contribution is 2.27. The molecule has 0 saturated carbocycles. The summed E-state index contributed by atoms with van der Waals surface area (Å²) in [6, 6.07) is 14.7. The summed E-state index contributed by atoms with van der Waals surface area (Å²) in [5.74, 6) is -0.0816. The Morgan fingerprint density at radius 1 is 1.07 bits per heavy atom. The minimum Gasteiger partial charge on any atom is -0.350 e. The Balaban J connectivity index is 1.51. The predicted octanol–water partition coefficient (Wildman–Crippen LogP) is 3.61. The van der Waals surface area contributed by atoms with Gasteiger partial charge in [0.05, 0.1) is 4.90 Å². The summed E-state index contributed by atoms with van der Waals surface area (Å²) >= 11 is 0. The van der Waals surface area contributed by atoms with E-state index in [0.717, 1.165) is 29.3 Å². The number of carbonyl (C=O) groups excluding carboxylic acids is 1. The molecule has 158 valence electrons. The Morgan fingerprint density at radius 3 is 2.47 bits per heavy atom. The molecule has 1 unspecified atom stereocenters. The molecule has 4 rings (SSSR count). The van der Waals surface area contributed by atoms with E-state index in [0.29, 0.717) is 24.5 Å². The third-order valence-electron chi connectivity index (χ3n) is 5.78. The first-order valence-corrected chi connectivity index (χ1v) is 11.7. The first-order valence-electron chi connectivity index (χ1n) is 10.3. The predicted molar refractivity (Wildman–Crippen MR) is 118 cm³/mol. The molecule has 2 heterocycles. The number of rotatable bonds is 6. The molecule has 30 heavy (non-hydrogen) atoms. The fourth-order valence-electron chi connectivity index (χ4n) is 3.89. The molecule has 1 amide bonds. The summed E-state index contributed by atoms with van der Waals surface area (Å²) in [7, 11) is -3.46. The van der Waals surface area contributed by atoms with Gasteiger partial charge in [-0.05, 0) is 56.5 Å². The van der Waals surface area contributed by atoms with E-state index >= 15 is 0 Å². The van der Waals surface area contributed by atoms with Gasteiger partial charge in [0.25, 0.3) is 0 Å². The molecule has 0 bridgehead atoms. The van der Waals surface area contributed by atoms with E-state index in [1.807, 2.05) is 54.9 Å². The van der Waals surface area contributed by atoms with Crippen molar-refractivity contribution in [3.05, 3.63) is 65.9 Å². The molecule has 1 saturated heterocycles. The Hall–Kier alpha value is -2.64. The van der Waals surface area contributed by atoms with Crippen molar-refractivity contribution in [2.75, 3.05) is 13.1 Å². The number of sulfonamides is 1. The molecule has 0 spiro atoms. The molecule has 7 heteroatoms. The normalized spacial score (nSPS) is 16.1. The average molecular weight is 426 g/mol. The van der Waals surface area contributed by atoms with Crippen molar-refractivity contribution in [1.82, 2.24) is 14.2 Å². The van der Waals surface area contributed by atoms with Gasteiger partial charge in [-0.25, -0.2) is 8.42 Å². The number of fused-ring (bicyclic) bond motifs is 1. The van der Waals surface area contributed by atoms with Gasteiger partial charge in [0.1, 0.15) is 6.04 Å². The van der Waals surface area contributed by atoms with Gasteiger partial charge in [-0.3, -0.25) is 4.79 Å². The van der Waals surface area contributed by atoms with Crippen molar-refractivity contribution >= 4 is 26.8 Å². The maximum absolute atomic E-state index is 12.8. The number of aryl methyl sites for hydroxylation is 1. The van der Waals surface area contributed by atoms with Crippen molar-refractivity contribution in [2.24, 2.45) is 0 Å². The lowest BCUT2D eigenvalue weighted by atomic mass is 10.1. The molecule has 3 aromatic rings. The van der Waals surface area contributed by atoms with Crippen molar-refractivity contribution in [3.63, 3.8) is 0 Å². The van der Waals surface area contributed by atoms with Crippen LogP contribution in [0.3, 0.4) is 0 Å². The number of nitrogens with one attached hydrogen (secondary N) is 1. The van der Waals surface area contributed by atoms with Gasteiger partial charge < -0.3 is 9.88 Å². The fraction of sp³-hybridized carbons (Fsp3) is 0.348. The van der Waals surface area contributed by atoms with Gasteiger partial charge >= 0.3 is 0 Å². The smallest absolute Gasteiger partial charge is 0.243 e. The van der Waals surface area contributed by atoms with Crippen LogP contribution in [0.25, 0.3) is 10.9 Å². The maximum Gasteiger partial charge on any atom is 0.243 e. The lowest BCUT2D eigenvalue weighted by Gasteiger charge is -2.17. The second kappa shape index (κ2) is 8.24. The van der Waals surface area contributed by atoms with Crippen LogP contribution in [-0.4, -0.2) is 36.3 Å². The van der Waals surface area contributed by atoms with Crippen molar-refractivity contribution in [1.29, 1.82) is 0 Å². The van der Waals surface area contributed by atoms with Crippen LogP contribution in [0, 0.1) is 6.92 Å². The highest BCUT2D eigenvalue weighted by atomic mass is 32.2. The first kappa shape index (κ1) is 20.6. The van der Waals surface area contributed by atoms with Gasteiger partial charge in [-0.1, -0.05) is 29.8 Å². The number of aromatic nitrogens is 1. The van der Waals surface area contributed by atoms with Crippen LogP contribution >= 0.6 is 0 Å². The molecule has 1 aliphatic heterocycles. The highest BCUT2D eigenvalue weighted by Gasteiger charge is 2.27. The van der Waals surface area contributed by atoms with Crippen LogP contribution in [0.2, 0.25) is 0 Å². The summed E-state index contributed by atoms with van der Waals surface area (Å²) in [5, 5.41) is 3.79. The van der Waals surface area contributed by atoms with E-state index in [1.54, 1.807) is 22.5 Å². The largest absolute Gasteiger partial charge is 0.350 e. The van der Waals surface area contributed by atoms with Gasteiger partial charge in [-0.2, -0.15) is 4.31 Å². The van der Waals surface area contributed by atoms with Crippen LogP contribution in [0.5, 0.6) is 0 Å². The summed E-state index contributed by atoms with van der Waals surface area (Å²) in [4.78, 5) is 13.0. The third-order valence-corrected chi connectivity index (χ3v) is 7.67. The molecule has 1 aliphatic rings. The second-order valence-electron chi connectivity index (χ2n) is 7.93. The van der Waals surface area contributed by atoms with Gasteiger partial charge in [0, 0.05) is 36.7 Å². The third kappa shape index (κ3) is 4.00. The van der Waals surface area contributed by atoms with Crippen molar-refractivity contribution < 1.29 is 13.2 Å². The lowest BCUT2D eigenvalue weighted by Crippen LogP contribution is -2.30. The van der Waals surface area contributed by atoms with Crippen LogP contribution < -0.4 is 5.32 Å². The minimum absolute atomic E-state index is 0.0816. The zero-order valence-electron chi connectivity index (χ0n) is 17.3. The molecule has 1 atom stereocenters.